The maximum absolute atomic E-state index is 12.6. The number of phosphoric acid groups is 1. The molecule has 0 aromatic rings. The molecule has 312 valence electrons. The number of carbonyl (C=O) groups excluding carboxylic acids is 2. The summed E-state index contributed by atoms with van der Waals surface area (Å²) in [6.07, 6.45) is 42.0. The first-order chi connectivity index (χ1) is 25.8. The Kier molecular flexibility index (Phi) is 39.0. The largest absolute Gasteiger partial charge is 0.472 e. The van der Waals surface area contributed by atoms with Crippen molar-refractivity contribution in [3.63, 3.8) is 0 Å². The van der Waals surface area contributed by atoms with Gasteiger partial charge in [0.1, 0.15) is 6.61 Å². The monoisotopic (exact) mass is 772 g/mol. The highest BCUT2D eigenvalue weighted by Crippen LogP contribution is 2.43. The van der Waals surface area contributed by atoms with Gasteiger partial charge in [-0.2, -0.15) is 0 Å². The third-order valence-electron chi connectivity index (χ3n) is 9.34. The molecule has 0 aromatic heterocycles. The number of esters is 2. The van der Waals surface area contributed by atoms with Crippen molar-refractivity contribution in [3.8, 4) is 0 Å². The van der Waals surface area contributed by atoms with Crippen molar-refractivity contribution < 1.29 is 37.6 Å². The summed E-state index contributed by atoms with van der Waals surface area (Å²) in [5, 5.41) is 0. The van der Waals surface area contributed by atoms with E-state index in [0.29, 0.717) is 6.42 Å². The third kappa shape index (κ3) is 40.0. The van der Waals surface area contributed by atoms with E-state index in [1.165, 1.54) is 122 Å². The van der Waals surface area contributed by atoms with Gasteiger partial charge in [-0.3, -0.25) is 18.6 Å². The minimum atomic E-state index is -4.38. The first-order valence-corrected chi connectivity index (χ1v) is 23.3. The lowest BCUT2D eigenvalue weighted by atomic mass is 10.0. The van der Waals surface area contributed by atoms with Gasteiger partial charge in [-0.25, -0.2) is 4.57 Å². The molecule has 2 atom stereocenters. The lowest BCUT2D eigenvalue weighted by molar-refractivity contribution is -0.161. The van der Waals surface area contributed by atoms with Gasteiger partial charge < -0.3 is 20.1 Å². The van der Waals surface area contributed by atoms with Gasteiger partial charge in [0.2, 0.25) is 0 Å². The van der Waals surface area contributed by atoms with E-state index in [0.717, 1.165) is 51.4 Å². The molecule has 1 unspecified atom stereocenters. The fraction of sp³-hybridized carbons (Fsp3) is 0.860. The van der Waals surface area contributed by atoms with Crippen LogP contribution in [0.3, 0.4) is 0 Å². The van der Waals surface area contributed by atoms with Gasteiger partial charge >= 0.3 is 19.8 Å². The zero-order valence-electron chi connectivity index (χ0n) is 34.3. The Morgan fingerprint density at radius 3 is 1.43 bits per heavy atom. The molecule has 10 heteroatoms. The molecule has 0 rings (SSSR count). The minimum Gasteiger partial charge on any atom is -0.462 e. The van der Waals surface area contributed by atoms with Crippen molar-refractivity contribution in [1.29, 1.82) is 0 Å². The summed E-state index contributed by atoms with van der Waals surface area (Å²) in [5.74, 6) is -0.842. The molecule has 0 amide bonds. The molecule has 0 aliphatic carbocycles. The Hall–Kier alpha value is -1.51. The van der Waals surface area contributed by atoms with Gasteiger partial charge in [-0.1, -0.05) is 173 Å². The van der Waals surface area contributed by atoms with E-state index >= 15 is 0 Å². The van der Waals surface area contributed by atoms with E-state index in [-0.39, 0.29) is 38.6 Å². The van der Waals surface area contributed by atoms with Gasteiger partial charge in [0.15, 0.2) is 6.10 Å². The molecule has 0 bridgehead atoms. The zero-order valence-corrected chi connectivity index (χ0v) is 35.2. The Balaban J connectivity index is 4.17. The van der Waals surface area contributed by atoms with Gasteiger partial charge in [0.05, 0.1) is 13.2 Å². The summed E-state index contributed by atoms with van der Waals surface area (Å²) in [5.41, 5.74) is 5.34. The van der Waals surface area contributed by atoms with E-state index in [1.807, 2.05) is 0 Å². The molecule has 0 heterocycles. The Morgan fingerprint density at radius 2 is 0.981 bits per heavy atom. The highest BCUT2D eigenvalue weighted by atomic mass is 31.2. The van der Waals surface area contributed by atoms with E-state index in [9.17, 15) is 19.0 Å². The average molecular weight is 772 g/mol. The van der Waals surface area contributed by atoms with Gasteiger partial charge in [-0.15, -0.1) is 0 Å². The van der Waals surface area contributed by atoms with Crippen LogP contribution in [0, 0.1) is 0 Å². The molecule has 0 radical (unpaired) electrons. The van der Waals surface area contributed by atoms with Gasteiger partial charge in [0.25, 0.3) is 0 Å². The smallest absolute Gasteiger partial charge is 0.462 e. The molecule has 0 spiro atoms. The normalized spacial score (nSPS) is 13.5. The van der Waals surface area contributed by atoms with Crippen LogP contribution < -0.4 is 5.73 Å². The number of phosphoric ester groups is 1. The number of unbranched alkanes of at least 4 members (excludes halogenated alkanes) is 24. The highest BCUT2D eigenvalue weighted by Gasteiger charge is 2.26. The molecule has 0 aromatic carbocycles. The summed E-state index contributed by atoms with van der Waals surface area (Å²) in [7, 11) is -4.38. The lowest BCUT2D eigenvalue weighted by Crippen LogP contribution is -2.29. The number of nitrogens with two attached hydrogens (primary N) is 1. The summed E-state index contributed by atoms with van der Waals surface area (Å²) < 4.78 is 32.8. The van der Waals surface area contributed by atoms with Crippen LogP contribution in [0.1, 0.15) is 206 Å². The molecule has 0 saturated carbocycles. The van der Waals surface area contributed by atoms with Crippen LogP contribution in [0.25, 0.3) is 0 Å². The first-order valence-electron chi connectivity index (χ1n) is 21.8. The van der Waals surface area contributed by atoms with Crippen molar-refractivity contribution in [2.45, 2.75) is 213 Å². The number of carbonyl (C=O) groups is 2. The molecule has 0 aliphatic heterocycles. The Bertz CT molecular complexity index is 928. The third-order valence-corrected chi connectivity index (χ3v) is 10.3. The SMILES string of the molecule is CCCCCCCC/C=C/C/C=C/CCCCCCC(=O)O[C@H](COC(=O)CCCCCCCCCCCCCCCCC)COP(=O)(O)OCCN. The van der Waals surface area contributed by atoms with Crippen LogP contribution in [0.15, 0.2) is 24.3 Å². The quantitative estimate of drug-likeness (QED) is 0.0269. The number of allylic oxidation sites excluding steroid dienone is 4. The molecule has 0 saturated heterocycles. The van der Waals surface area contributed by atoms with Crippen molar-refractivity contribution in [3.05, 3.63) is 24.3 Å². The van der Waals surface area contributed by atoms with Crippen LogP contribution in [0.4, 0.5) is 0 Å². The second kappa shape index (κ2) is 40.2. The van der Waals surface area contributed by atoms with E-state index in [4.69, 9.17) is 24.3 Å². The summed E-state index contributed by atoms with van der Waals surface area (Å²) in [6, 6.07) is 0. The van der Waals surface area contributed by atoms with Gasteiger partial charge in [0, 0.05) is 19.4 Å². The fourth-order valence-electron chi connectivity index (χ4n) is 6.08. The molecule has 9 nitrogen and oxygen atoms in total. The predicted octanol–water partition coefficient (Wildman–Crippen LogP) is 12.4. The topological polar surface area (TPSA) is 134 Å². The minimum absolute atomic E-state index is 0.0518. The molecular formula is C43H82NO8P. The molecular weight excluding hydrogens is 689 g/mol. The lowest BCUT2D eigenvalue weighted by Gasteiger charge is -2.19. The van der Waals surface area contributed by atoms with Gasteiger partial charge in [-0.05, 0) is 44.9 Å². The number of ether oxygens (including phenoxy) is 2. The predicted molar refractivity (Wildman–Crippen MR) is 220 cm³/mol. The maximum Gasteiger partial charge on any atom is 0.472 e. The maximum atomic E-state index is 12.6. The van der Waals surface area contributed by atoms with Crippen LogP contribution in [-0.2, 0) is 32.7 Å². The highest BCUT2D eigenvalue weighted by molar-refractivity contribution is 7.47. The summed E-state index contributed by atoms with van der Waals surface area (Å²) in [6.45, 7) is 3.72. The Labute approximate surface area is 325 Å². The molecule has 0 aliphatic rings. The molecule has 3 N–H and O–H groups in total. The molecule has 53 heavy (non-hydrogen) atoms. The number of rotatable bonds is 41. The first kappa shape index (κ1) is 51.5. The fourth-order valence-corrected chi connectivity index (χ4v) is 6.84. The Morgan fingerprint density at radius 1 is 0.566 bits per heavy atom. The number of hydrogen-bond donors (Lipinski definition) is 2. The summed E-state index contributed by atoms with van der Waals surface area (Å²) in [4.78, 5) is 34.8. The van der Waals surface area contributed by atoms with E-state index in [1.54, 1.807) is 0 Å². The average Bonchev–Trinajstić information content (AvgIpc) is 3.14. The second-order valence-corrected chi connectivity index (χ2v) is 16.0. The van der Waals surface area contributed by atoms with Crippen LogP contribution in [0.5, 0.6) is 0 Å². The second-order valence-electron chi connectivity index (χ2n) is 14.6. The van der Waals surface area contributed by atoms with E-state index < -0.39 is 26.5 Å². The zero-order chi connectivity index (χ0) is 38.9. The van der Waals surface area contributed by atoms with Crippen molar-refractivity contribution in [2.24, 2.45) is 5.73 Å². The number of hydrogen-bond acceptors (Lipinski definition) is 8. The van der Waals surface area contributed by atoms with Crippen LogP contribution in [-0.4, -0.2) is 49.3 Å². The van der Waals surface area contributed by atoms with Crippen LogP contribution >= 0.6 is 7.82 Å². The summed E-state index contributed by atoms with van der Waals surface area (Å²) >= 11 is 0. The standard InChI is InChI=1S/C43H82NO8P/c1-3-5-7-9-11-13-15-17-19-20-22-24-26-28-30-32-34-36-43(46)52-41(40-51-53(47,48)50-38-37-44)39-49-42(45)35-33-31-29-27-25-23-21-18-16-14-12-10-8-6-4-2/h17,19,22,24,41H,3-16,18,20-21,23,25-40,44H2,1-2H3,(H,47,48)/b19-17+,24-22+/t41-/m1/s1. The van der Waals surface area contributed by atoms with E-state index in [2.05, 4.69) is 38.2 Å². The van der Waals surface area contributed by atoms with Crippen molar-refractivity contribution in [1.82, 2.24) is 0 Å². The van der Waals surface area contributed by atoms with Crippen molar-refractivity contribution >= 4 is 19.8 Å². The van der Waals surface area contributed by atoms with Crippen LogP contribution in [0.2, 0.25) is 0 Å². The van der Waals surface area contributed by atoms with Crippen molar-refractivity contribution in [2.75, 3.05) is 26.4 Å². The molecule has 0 fully saturated rings.